The molecule has 1 saturated heterocycles. The van der Waals surface area contributed by atoms with Crippen LogP contribution in [0.5, 0.6) is 0 Å². The summed E-state index contributed by atoms with van der Waals surface area (Å²) >= 11 is 0. The molecule has 0 radical (unpaired) electrons. The summed E-state index contributed by atoms with van der Waals surface area (Å²) < 4.78 is 13.6. The summed E-state index contributed by atoms with van der Waals surface area (Å²) in [7, 11) is 0. The Morgan fingerprint density at radius 3 is 2.79 bits per heavy atom. The lowest BCUT2D eigenvalue weighted by molar-refractivity contribution is 0.102. The van der Waals surface area contributed by atoms with E-state index >= 15 is 0 Å². The van der Waals surface area contributed by atoms with Crippen molar-refractivity contribution in [1.82, 2.24) is 9.88 Å². The van der Waals surface area contributed by atoms with E-state index in [0.29, 0.717) is 23.3 Å². The number of halogens is 1. The van der Waals surface area contributed by atoms with Gasteiger partial charge in [0, 0.05) is 29.2 Å². The van der Waals surface area contributed by atoms with Crippen LogP contribution in [0.25, 0.3) is 10.9 Å². The molecule has 1 aliphatic heterocycles. The minimum Gasteiger partial charge on any atom is -0.351 e. The summed E-state index contributed by atoms with van der Waals surface area (Å²) in [4.78, 5) is 18.4. The molecule has 1 aromatic heterocycles. The molecule has 152 valence electrons. The Morgan fingerprint density at radius 2 is 2.03 bits per heavy atom. The molecule has 0 aliphatic carbocycles. The first-order valence-electron chi connectivity index (χ1n) is 10.3. The number of piperidine rings is 1. The van der Waals surface area contributed by atoms with E-state index in [0.717, 1.165) is 23.0 Å². The van der Waals surface area contributed by atoms with Crippen LogP contribution in [0.15, 0.2) is 42.5 Å². The van der Waals surface area contributed by atoms with E-state index in [9.17, 15) is 9.18 Å². The number of amides is 1. The zero-order chi connectivity index (χ0) is 20.5. The van der Waals surface area contributed by atoms with E-state index in [1.807, 2.05) is 6.07 Å². The summed E-state index contributed by atoms with van der Waals surface area (Å²) in [5, 5.41) is 3.81. The van der Waals surface area contributed by atoms with E-state index in [4.69, 9.17) is 0 Å². The average Bonchev–Trinajstić information content (AvgIpc) is 3.11. The Bertz CT molecular complexity index is 1020. The molecule has 3 aromatic rings. The molecule has 0 spiro atoms. The minimum absolute atomic E-state index is 0.267. The van der Waals surface area contributed by atoms with Crippen LogP contribution in [0.3, 0.4) is 0 Å². The van der Waals surface area contributed by atoms with Gasteiger partial charge in [0.25, 0.3) is 5.91 Å². The highest BCUT2D eigenvalue weighted by atomic mass is 19.1. The molecular weight excluding hydrogens is 365 g/mol. The maximum absolute atomic E-state index is 13.6. The predicted molar refractivity (Wildman–Crippen MR) is 116 cm³/mol. The molecule has 0 saturated carbocycles. The van der Waals surface area contributed by atoms with Crippen molar-refractivity contribution in [2.24, 2.45) is 0 Å². The molecule has 1 aliphatic rings. The van der Waals surface area contributed by atoms with E-state index in [1.165, 1.54) is 37.1 Å². The largest absolute Gasteiger partial charge is 0.351 e. The summed E-state index contributed by atoms with van der Waals surface area (Å²) in [6.45, 7) is 8.56. The number of rotatable bonds is 4. The van der Waals surface area contributed by atoms with Crippen LogP contribution < -0.4 is 5.32 Å². The molecule has 2 aromatic carbocycles. The molecular formula is C24H28FN3O. The quantitative estimate of drug-likeness (QED) is 0.619. The normalized spacial score (nSPS) is 17.8. The van der Waals surface area contributed by atoms with Gasteiger partial charge in [-0.15, -0.1) is 0 Å². The molecule has 2 heterocycles. The third-order valence-electron chi connectivity index (χ3n) is 5.84. The Hall–Kier alpha value is -2.66. The fraction of sp³-hybridized carbons (Fsp3) is 0.375. The molecule has 4 rings (SSSR count). The molecule has 1 amide bonds. The highest BCUT2D eigenvalue weighted by Crippen LogP contribution is 2.30. The zero-order valence-electron chi connectivity index (χ0n) is 17.3. The topological polar surface area (TPSA) is 48.1 Å². The van der Waals surface area contributed by atoms with Crippen LogP contribution in [0.4, 0.5) is 10.1 Å². The van der Waals surface area contributed by atoms with Gasteiger partial charge >= 0.3 is 0 Å². The number of nitrogens with one attached hydrogen (secondary N) is 2. The summed E-state index contributed by atoms with van der Waals surface area (Å²) in [6, 6.07) is 13.4. The molecule has 1 fully saturated rings. The Kier molecular flexibility index (Phi) is 5.41. The van der Waals surface area contributed by atoms with E-state index in [1.54, 1.807) is 13.0 Å². The summed E-state index contributed by atoms with van der Waals surface area (Å²) in [5.74, 6) is -0.0982. The molecule has 1 unspecified atom stereocenters. The number of carbonyl (C=O) groups excluding carboxylic acids is 1. The number of hydrogen-bond donors (Lipinski definition) is 2. The van der Waals surface area contributed by atoms with Crippen LogP contribution in [0, 0.1) is 12.7 Å². The second kappa shape index (κ2) is 7.99. The number of aromatic nitrogens is 1. The highest BCUT2D eigenvalue weighted by molar-refractivity contribution is 6.06. The van der Waals surface area contributed by atoms with Gasteiger partial charge in [-0.3, -0.25) is 4.79 Å². The number of benzene rings is 2. The lowest BCUT2D eigenvalue weighted by Gasteiger charge is -2.35. The summed E-state index contributed by atoms with van der Waals surface area (Å²) in [5.41, 5.74) is 3.97. The first-order chi connectivity index (χ1) is 13.9. The van der Waals surface area contributed by atoms with Crippen molar-refractivity contribution in [2.45, 2.75) is 45.6 Å². The maximum Gasteiger partial charge on any atom is 0.272 e. The molecule has 4 nitrogen and oxygen atoms in total. The van der Waals surface area contributed by atoms with Crippen molar-refractivity contribution in [3.05, 3.63) is 65.1 Å². The van der Waals surface area contributed by atoms with Gasteiger partial charge < -0.3 is 15.2 Å². The number of aryl methyl sites for hydroxylation is 1. The van der Waals surface area contributed by atoms with E-state index in [2.05, 4.69) is 47.2 Å². The van der Waals surface area contributed by atoms with Crippen molar-refractivity contribution in [1.29, 1.82) is 0 Å². The van der Waals surface area contributed by atoms with Gasteiger partial charge in [-0.1, -0.05) is 6.07 Å². The number of aromatic amines is 1. The van der Waals surface area contributed by atoms with Gasteiger partial charge in [0.1, 0.15) is 11.5 Å². The fourth-order valence-corrected chi connectivity index (χ4v) is 4.28. The third-order valence-corrected chi connectivity index (χ3v) is 5.84. The lowest BCUT2D eigenvalue weighted by Crippen LogP contribution is -2.39. The number of carbonyl (C=O) groups is 1. The Balaban J connectivity index is 1.54. The zero-order valence-corrected chi connectivity index (χ0v) is 17.3. The second-order valence-electron chi connectivity index (χ2n) is 8.43. The third kappa shape index (κ3) is 4.35. The van der Waals surface area contributed by atoms with Crippen LogP contribution in [0.1, 0.15) is 54.2 Å². The maximum atomic E-state index is 13.6. The number of nitrogens with zero attached hydrogens (tertiary/aromatic N) is 1. The first-order valence-corrected chi connectivity index (χ1v) is 10.3. The number of H-pyrrole nitrogens is 1. The number of hydrogen-bond acceptors (Lipinski definition) is 2. The summed E-state index contributed by atoms with van der Waals surface area (Å²) in [6.07, 6.45) is 2.42. The van der Waals surface area contributed by atoms with Crippen LogP contribution in [0.2, 0.25) is 0 Å². The SMILES string of the molecule is Cc1cc(F)cc(NC(=O)c2cc3cc(C4CCCN(C(C)C)C4)ccc3[nH]2)c1. The molecule has 29 heavy (non-hydrogen) atoms. The Labute approximate surface area is 171 Å². The molecule has 1 atom stereocenters. The van der Waals surface area contributed by atoms with Gasteiger partial charge in [-0.05, 0) is 93.6 Å². The van der Waals surface area contributed by atoms with Crippen molar-refractivity contribution >= 4 is 22.5 Å². The van der Waals surface area contributed by atoms with E-state index in [-0.39, 0.29) is 11.7 Å². The van der Waals surface area contributed by atoms with Gasteiger partial charge in [0.05, 0.1) is 0 Å². The van der Waals surface area contributed by atoms with E-state index < -0.39 is 0 Å². The number of anilines is 1. The lowest BCUT2D eigenvalue weighted by atomic mass is 9.89. The average molecular weight is 394 g/mol. The van der Waals surface area contributed by atoms with Crippen LogP contribution >= 0.6 is 0 Å². The first kappa shape index (κ1) is 19.6. The van der Waals surface area contributed by atoms with Gasteiger partial charge in [0.15, 0.2) is 0 Å². The van der Waals surface area contributed by atoms with Gasteiger partial charge in [-0.2, -0.15) is 0 Å². The molecule has 5 heteroatoms. The van der Waals surface area contributed by atoms with Gasteiger partial charge in [-0.25, -0.2) is 4.39 Å². The fourth-order valence-electron chi connectivity index (χ4n) is 4.28. The van der Waals surface area contributed by atoms with Crippen molar-refractivity contribution in [2.75, 3.05) is 18.4 Å². The second-order valence-corrected chi connectivity index (χ2v) is 8.43. The van der Waals surface area contributed by atoms with Crippen LogP contribution in [-0.2, 0) is 0 Å². The smallest absolute Gasteiger partial charge is 0.272 e. The monoisotopic (exact) mass is 393 g/mol. The Morgan fingerprint density at radius 1 is 1.21 bits per heavy atom. The predicted octanol–water partition coefficient (Wildman–Crippen LogP) is 5.46. The van der Waals surface area contributed by atoms with Gasteiger partial charge in [0.2, 0.25) is 0 Å². The molecule has 2 N–H and O–H groups in total. The highest BCUT2D eigenvalue weighted by Gasteiger charge is 2.23. The molecule has 0 bridgehead atoms. The minimum atomic E-state index is -0.357. The van der Waals surface area contributed by atoms with Crippen LogP contribution in [-0.4, -0.2) is 34.9 Å². The number of likely N-dealkylation sites (tertiary alicyclic amines) is 1. The number of fused-ring (bicyclic) bond motifs is 1. The van der Waals surface area contributed by atoms with Crippen molar-refractivity contribution in [3.63, 3.8) is 0 Å². The standard InChI is InChI=1S/C24H28FN3O/c1-15(2)28-8-4-5-18(14-28)17-6-7-22-19(11-17)12-23(27-22)24(29)26-21-10-16(3)9-20(25)13-21/h6-7,9-13,15,18,27H,4-5,8,14H2,1-3H3,(H,26,29). The van der Waals surface area contributed by atoms with Crippen molar-refractivity contribution < 1.29 is 9.18 Å². The van der Waals surface area contributed by atoms with Crippen molar-refractivity contribution in [3.8, 4) is 0 Å².